The zero-order valence-corrected chi connectivity index (χ0v) is 16.0. The van der Waals surface area contributed by atoms with Gasteiger partial charge in [-0.25, -0.2) is 4.39 Å². The quantitative estimate of drug-likeness (QED) is 0.683. The van der Waals surface area contributed by atoms with Crippen LogP contribution in [0.2, 0.25) is 0 Å². The minimum absolute atomic E-state index is 0.00859. The molecule has 2 aliphatic heterocycles. The molecule has 0 bridgehead atoms. The van der Waals surface area contributed by atoms with E-state index in [9.17, 15) is 9.18 Å². The first kappa shape index (κ1) is 18.3. The summed E-state index contributed by atoms with van der Waals surface area (Å²) in [4.78, 5) is 14.9. The van der Waals surface area contributed by atoms with Gasteiger partial charge in [-0.1, -0.05) is 18.2 Å². The van der Waals surface area contributed by atoms with Gasteiger partial charge < -0.3 is 14.4 Å². The highest BCUT2D eigenvalue weighted by atomic mass is 19.1. The van der Waals surface area contributed by atoms with E-state index < -0.39 is 5.79 Å². The lowest BCUT2D eigenvalue weighted by atomic mass is 10.0. The molecule has 6 nitrogen and oxygen atoms in total. The summed E-state index contributed by atoms with van der Waals surface area (Å²) in [5.74, 6) is -0.743. The Morgan fingerprint density at radius 1 is 1.07 bits per heavy atom. The van der Waals surface area contributed by atoms with Crippen LogP contribution in [0.25, 0.3) is 10.9 Å². The standard InChI is InChI=1S/C22H22FN3O3/c23-19-5-1-16(2-6-19)15-26-20-13-17(3-4-18(20)14-24-26)21(27)25-9-7-22(8-10-25)28-11-12-29-22/h1-6,13-14H,7-12,15H2. The summed E-state index contributed by atoms with van der Waals surface area (Å²) in [6.45, 7) is 3.01. The summed E-state index contributed by atoms with van der Waals surface area (Å²) >= 11 is 0. The van der Waals surface area contributed by atoms with Crippen molar-refractivity contribution in [1.29, 1.82) is 0 Å². The van der Waals surface area contributed by atoms with Gasteiger partial charge in [0.2, 0.25) is 0 Å². The molecule has 0 atom stereocenters. The molecule has 29 heavy (non-hydrogen) atoms. The van der Waals surface area contributed by atoms with Gasteiger partial charge in [-0.05, 0) is 29.8 Å². The Hall–Kier alpha value is -2.77. The van der Waals surface area contributed by atoms with Gasteiger partial charge in [-0.15, -0.1) is 0 Å². The first-order chi connectivity index (χ1) is 14.1. The van der Waals surface area contributed by atoms with Crippen molar-refractivity contribution < 1.29 is 18.7 Å². The number of aromatic nitrogens is 2. The molecule has 0 radical (unpaired) electrons. The number of hydrogen-bond acceptors (Lipinski definition) is 4. The van der Waals surface area contributed by atoms with Gasteiger partial charge in [0, 0.05) is 36.9 Å². The van der Waals surface area contributed by atoms with Gasteiger partial charge in [0.05, 0.1) is 31.5 Å². The van der Waals surface area contributed by atoms with Crippen LogP contribution in [0, 0.1) is 5.82 Å². The largest absolute Gasteiger partial charge is 0.347 e. The van der Waals surface area contributed by atoms with E-state index in [1.807, 2.05) is 27.8 Å². The van der Waals surface area contributed by atoms with Gasteiger partial charge in [0.15, 0.2) is 5.79 Å². The number of carbonyl (C=O) groups excluding carboxylic acids is 1. The Morgan fingerprint density at radius 3 is 2.52 bits per heavy atom. The maximum atomic E-state index is 13.2. The van der Waals surface area contributed by atoms with Crippen molar-refractivity contribution in [3.8, 4) is 0 Å². The topological polar surface area (TPSA) is 56.6 Å². The lowest BCUT2D eigenvalue weighted by Crippen LogP contribution is -2.47. The molecule has 0 N–H and O–H groups in total. The molecule has 150 valence electrons. The summed E-state index contributed by atoms with van der Waals surface area (Å²) < 4.78 is 26.5. The lowest BCUT2D eigenvalue weighted by molar-refractivity contribution is -0.181. The van der Waals surface area contributed by atoms with Gasteiger partial charge in [0.1, 0.15) is 5.82 Å². The Kier molecular flexibility index (Phi) is 4.56. The second-order valence-electron chi connectivity index (χ2n) is 7.60. The van der Waals surface area contributed by atoms with E-state index in [-0.39, 0.29) is 11.7 Å². The molecule has 2 saturated heterocycles. The molecule has 0 aliphatic carbocycles. The summed E-state index contributed by atoms with van der Waals surface area (Å²) in [6.07, 6.45) is 3.18. The Balaban J connectivity index is 1.35. The van der Waals surface area contributed by atoms with Crippen molar-refractivity contribution in [2.24, 2.45) is 0 Å². The molecule has 2 aliphatic rings. The minimum atomic E-state index is -0.492. The molecule has 1 amide bonds. The van der Waals surface area contributed by atoms with Gasteiger partial charge >= 0.3 is 0 Å². The Bertz CT molecular complexity index is 1030. The van der Waals surface area contributed by atoms with Crippen LogP contribution in [0.15, 0.2) is 48.7 Å². The fourth-order valence-corrected chi connectivity index (χ4v) is 4.11. The SMILES string of the molecule is O=C(c1ccc2cnn(Cc3ccc(F)cc3)c2c1)N1CCC2(CC1)OCCO2. The molecule has 2 fully saturated rings. The normalized spacial score (nSPS) is 18.6. The first-order valence-electron chi connectivity index (χ1n) is 9.89. The molecule has 1 spiro atoms. The van der Waals surface area contributed by atoms with Crippen LogP contribution in [0.5, 0.6) is 0 Å². The number of amides is 1. The fourth-order valence-electron chi connectivity index (χ4n) is 4.11. The van der Waals surface area contributed by atoms with Crippen LogP contribution < -0.4 is 0 Å². The predicted octanol–water partition coefficient (Wildman–Crippen LogP) is 3.20. The minimum Gasteiger partial charge on any atom is -0.347 e. The van der Waals surface area contributed by atoms with E-state index in [1.54, 1.807) is 18.3 Å². The second-order valence-corrected chi connectivity index (χ2v) is 7.60. The fraction of sp³-hybridized carbons (Fsp3) is 0.364. The monoisotopic (exact) mass is 395 g/mol. The lowest BCUT2D eigenvalue weighted by Gasteiger charge is -2.37. The molecule has 3 aromatic rings. The maximum absolute atomic E-state index is 13.2. The number of fused-ring (bicyclic) bond motifs is 1. The number of hydrogen-bond donors (Lipinski definition) is 0. The molecule has 3 heterocycles. The number of piperidine rings is 1. The molecule has 0 unspecified atom stereocenters. The summed E-state index contributed by atoms with van der Waals surface area (Å²) in [7, 11) is 0. The molecule has 0 saturated carbocycles. The van der Waals surface area contributed by atoms with Crippen molar-refractivity contribution in [2.45, 2.75) is 25.2 Å². The number of ether oxygens (including phenoxy) is 2. The maximum Gasteiger partial charge on any atom is 0.253 e. The van der Waals surface area contributed by atoms with Crippen LogP contribution in [0.3, 0.4) is 0 Å². The van der Waals surface area contributed by atoms with Crippen molar-refractivity contribution in [1.82, 2.24) is 14.7 Å². The average molecular weight is 395 g/mol. The molecule has 1 aromatic heterocycles. The third-order valence-electron chi connectivity index (χ3n) is 5.76. The van der Waals surface area contributed by atoms with Crippen LogP contribution in [-0.2, 0) is 16.0 Å². The second kappa shape index (κ2) is 7.24. The van der Waals surface area contributed by atoms with Crippen LogP contribution >= 0.6 is 0 Å². The Morgan fingerprint density at radius 2 is 1.79 bits per heavy atom. The van der Waals surface area contributed by atoms with Crippen molar-refractivity contribution in [3.05, 3.63) is 65.6 Å². The van der Waals surface area contributed by atoms with Gasteiger partial charge in [-0.3, -0.25) is 9.48 Å². The van der Waals surface area contributed by atoms with Gasteiger partial charge in [0.25, 0.3) is 5.91 Å². The zero-order valence-electron chi connectivity index (χ0n) is 16.0. The van der Waals surface area contributed by atoms with Gasteiger partial charge in [-0.2, -0.15) is 5.10 Å². The Labute approximate surface area is 167 Å². The van der Waals surface area contributed by atoms with Crippen molar-refractivity contribution in [2.75, 3.05) is 26.3 Å². The van der Waals surface area contributed by atoms with E-state index in [1.165, 1.54) is 12.1 Å². The average Bonchev–Trinajstić information content (AvgIpc) is 3.37. The highest BCUT2D eigenvalue weighted by Gasteiger charge is 2.40. The molecule has 5 rings (SSSR count). The third kappa shape index (κ3) is 3.52. The van der Waals surface area contributed by atoms with Crippen LogP contribution in [0.1, 0.15) is 28.8 Å². The predicted molar refractivity (Wildman–Crippen MR) is 105 cm³/mol. The molecule has 7 heteroatoms. The third-order valence-corrected chi connectivity index (χ3v) is 5.76. The van der Waals surface area contributed by atoms with E-state index in [2.05, 4.69) is 5.10 Å². The van der Waals surface area contributed by atoms with Crippen LogP contribution in [-0.4, -0.2) is 52.7 Å². The molecular weight excluding hydrogens is 373 g/mol. The highest BCUT2D eigenvalue weighted by molar-refractivity contribution is 5.98. The number of likely N-dealkylation sites (tertiary alicyclic amines) is 1. The summed E-state index contributed by atoms with van der Waals surface area (Å²) in [5.41, 5.74) is 2.48. The molecular formula is C22H22FN3O3. The number of rotatable bonds is 3. The van der Waals surface area contributed by atoms with E-state index in [4.69, 9.17) is 9.47 Å². The van der Waals surface area contributed by atoms with Crippen molar-refractivity contribution in [3.63, 3.8) is 0 Å². The number of benzene rings is 2. The first-order valence-corrected chi connectivity index (χ1v) is 9.89. The number of carbonyl (C=O) groups is 1. The number of halogens is 1. The van der Waals surface area contributed by atoms with Crippen molar-refractivity contribution >= 4 is 16.8 Å². The highest BCUT2D eigenvalue weighted by Crippen LogP contribution is 2.32. The molecule has 2 aromatic carbocycles. The van der Waals surface area contributed by atoms with E-state index in [0.29, 0.717) is 51.3 Å². The summed E-state index contributed by atoms with van der Waals surface area (Å²) in [5, 5.41) is 5.41. The summed E-state index contributed by atoms with van der Waals surface area (Å²) in [6, 6.07) is 12.0. The van der Waals surface area contributed by atoms with E-state index in [0.717, 1.165) is 16.5 Å². The number of nitrogens with zero attached hydrogens (tertiary/aromatic N) is 3. The van der Waals surface area contributed by atoms with E-state index >= 15 is 0 Å². The zero-order chi connectivity index (χ0) is 19.8. The smallest absolute Gasteiger partial charge is 0.253 e. The van der Waals surface area contributed by atoms with Crippen LogP contribution in [0.4, 0.5) is 4.39 Å².